The third-order valence-corrected chi connectivity index (χ3v) is 6.83. The number of furan rings is 1. The fourth-order valence-electron chi connectivity index (χ4n) is 4.14. The quantitative estimate of drug-likeness (QED) is 0.172. The molecular formula is C32H22IrN2OS-2. The van der Waals surface area contributed by atoms with Gasteiger partial charge < -0.3 is 14.4 Å². The number of pyridine rings is 2. The van der Waals surface area contributed by atoms with Crippen LogP contribution in [0.5, 0.6) is 0 Å². The molecule has 0 atom stereocenters. The average Bonchev–Trinajstić information content (AvgIpc) is 3.55. The molecule has 0 saturated heterocycles. The van der Waals surface area contributed by atoms with Crippen LogP contribution < -0.4 is 0 Å². The second-order valence-corrected chi connectivity index (χ2v) is 9.64. The molecule has 0 bridgehead atoms. The number of rotatable bonds is 2. The Bertz CT molecular complexity index is 2020. The number of nitrogens with zero attached hydrogens (tertiary/aromatic N) is 2. The van der Waals surface area contributed by atoms with E-state index in [2.05, 4.69) is 47.2 Å². The molecule has 3 nitrogen and oxygen atoms in total. The summed E-state index contributed by atoms with van der Waals surface area (Å²) in [6.07, 6.45) is 1.54. The number of thiophene rings is 1. The van der Waals surface area contributed by atoms with E-state index in [-0.39, 0.29) is 50.1 Å². The van der Waals surface area contributed by atoms with Crippen molar-refractivity contribution in [2.24, 2.45) is 0 Å². The summed E-state index contributed by atoms with van der Waals surface area (Å²) in [5, 5.41) is 2.88. The third kappa shape index (κ3) is 4.99. The van der Waals surface area contributed by atoms with E-state index in [1.807, 2.05) is 55.6 Å². The molecule has 1 radical (unpaired) electrons. The van der Waals surface area contributed by atoms with E-state index in [0.717, 1.165) is 37.7 Å². The number of hydrogen-bond acceptors (Lipinski definition) is 4. The molecule has 0 spiro atoms. The Hall–Kier alpha value is -3.63. The molecule has 0 aliphatic carbocycles. The van der Waals surface area contributed by atoms with E-state index in [9.17, 15) is 0 Å². The van der Waals surface area contributed by atoms with E-state index < -0.39 is 0 Å². The van der Waals surface area contributed by atoms with Crippen LogP contribution in [0.3, 0.4) is 0 Å². The van der Waals surface area contributed by atoms with Crippen LogP contribution in [0.1, 0.15) is 15.9 Å². The Labute approximate surface area is 238 Å². The van der Waals surface area contributed by atoms with E-state index in [1.54, 1.807) is 17.4 Å². The van der Waals surface area contributed by atoms with Crippen LogP contribution in [0.2, 0.25) is 0 Å². The summed E-state index contributed by atoms with van der Waals surface area (Å²) in [4.78, 5) is 9.59. The predicted octanol–water partition coefficient (Wildman–Crippen LogP) is 8.83. The molecule has 37 heavy (non-hydrogen) atoms. The molecule has 4 heterocycles. The molecule has 3 aromatic carbocycles. The van der Waals surface area contributed by atoms with Crippen molar-refractivity contribution in [2.75, 3.05) is 0 Å². The van der Waals surface area contributed by atoms with Crippen LogP contribution in [0.15, 0.2) is 102 Å². The van der Waals surface area contributed by atoms with Crippen molar-refractivity contribution in [3.8, 4) is 22.5 Å². The summed E-state index contributed by atoms with van der Waals surface area (Å²) < 4.78 is 39.0. The maximum Gasteiger partial charge on any atom is 0.129 e. The van der Waals surface area contributed by atoms with Gasteiger partial charge in [0.15, 0.2) is 0 Å². The fourth-order valence-corrected chi connectivity index (χ4v) is 5.07. The van der Waals surface area contributed by atoms with Crippen molar-refractivity contribution < 1.29 is 30.0 Å². The molecule has 0 amide bonds. The van der Waals surface area contributed by atoms with Crippen LogP contribution in [0.25, 0.3) is 54.5 Å². The van der Waals surface area contributed by atoms with E-state index >= 15 is 0 Å². The maximum atomic E-state index is 8.20. The average molecular weight is 679 g/mol. The van der Waals surface area contributed by atoms with Gasteiger partial charge in [0.2, 0.25) is 0 Å². The smallest absolute Gasteiger partial charge is 0.129 e. The minimum Gasteiger partial charge on any atom is -0.500 e. The van der Waals surface area contributed by atoms with Crippen LogP contribution in [0.4, 0.5) is 0 Å². The molecule has 5 heteroatoms. The molecule has 0 saturated carbocycles. The van der Waals surface area contributed by atoms with Gasteiger partial charge in [-0.15, -0.1) is 65.4 Å². The van der Waals surface area contributed by atoms with Crippen LogP contribution in [-0.4, -0.2) is 9.97 Å². The van der Waals surface area contributed by atoms with Gasteiger partial charge in [0, 0.05) is 52.8 Å². The Kier molecular flexibility index (Phi) is 5.95. The van der Waals surface area contributed by atoms with Gasteiger partial charge in [0.05, 0.1) is 11.1 Å². The summed E-state index contributed by atoms with van der Waals surface area (Å²) >= 11 is 1.70. The number of aromatic nitrogens is 2. The normalized spacial score (nSPS) is 12.3. The topological polar surface area (TPSA) is 38.9 Å². The standard InChI is InChI=1S/C20H12NOS.C12H10N.Ir/c1-12-11-16-18(23-12)9-8-14-13-5-4-6-15(19(13)22-20(14)16)17-7-2-3-10-21-17;1-10-7-8-12(13-9-10)11-5-3-2-4-6-11;/h2-5,7-11H,1H3;2-5,7-9H,1H3;/q2*-1;/i2D,3D,7D,10D;;. The summed E-state index contributed by atoms with van der Waals surface area (Å²) in [5.74, 6) is 0. The second-order valence-electron chi connectivity index (χ2n) is 8.35. The zero-order valence-electron chi connectivity index (χ0n) is 24.0. The zero-order chi connectivity index (χ0) is 28.0. The van der Waals surface area contributed by atoms with Crippen LogP contribution in [-0.2, 0) is 20.1 Å². The zero-order valence-corrected chi connectivity index (χ0v) is 23.2. The Balaban J connectivity index is 0.000000204. The molecule has 0 unspecified atom stereocenters. The van der Waals surface area contributed by atoms with Gasteiger partial charge in [-0.2, -0.15) is 0 Å². The molecule has 0 aliphatic rings. The first-order valence-electron chi connectivity index (χ1n) is 13.4. The van der Waals surface area contributed by atoms with E-state index in [4.69, 9.17) is 9.90 Å². The molecule has 7 aromatic rings. The molecule has 7 rings (SSSR count). The van der Waals surface area contributed by atoms with Gasteiger partial charge in [-0.25, -0.2) is 0 Å². The summed E-state index contributed by atoms with van der Waals surface area (Å²) in [5.41, 5.74) is 5.09. The van der Waals surface area contributed by atoms with E-state index in [0.29, 0.717) is 11.1 Å². The van der Waals surface area contributed by atoms with Gasteiger partial charge in [-0.05, 0) is 49.0 Å². The first-order valence-corrected chi connectivity index (χ1v) is 12.2. The van der Waals surface area contributed by atoms with Crippen LogP contribution in [0, 0.1) is 26.0 Å². The fraction of sp³-hybridized carbons (Fsp3) is 0.0625. The summed E-state index contributed by atoms with van der Waals surface area (Å²) in [6, 6.07) is 27.1. The van der Waals surface area contributed by atoms with Crippen molar-refractivity contribution in [3.63, 3.8) is 0 Å². The first kappa shape index (κ1) is 20.4. The predicted molar refractivity (Wildman–Crippen MR) is 149 cm³/mol. The Morgan fingerprint density at radius 2 is 1.73 bits per heavy atom. The van der Waals surface area contributed by atoms with Gasteiger partial charge in [-0.3, -0.25) is 0 Å². The molecule has 4 aromatic heterocycles. The summed E-state index contributed by atoms with van der Waals surface area (Å²) in [7, 11) is 0. The van der Waals surface area contributed by atoms with Gasteiger partial charge in [-0.1, -0.05) is 41.2 Å². The van der Waals surface area contributed by atoms with E-state index in [1.165, 1.54) is 10.4 Å². The maximum absolute atomic E-state index is 8.20. The van der Waals surface area contributed by atoms with Crippen molar-refractivity contribution in [2.45, 2.75) is 13.8 Å². The minimum atomic E-state index is -0.351. The van der Waals surface area contributed by atoms with Crippen molar-refractivity contribution in [1.82, 2.24) is 9.97 Å². The van der Waals surface area contributed by atoms with Gasteiger partial charge in [0.1, 0.15) is 5.58 Å². The Morgan fingerprint density at radius 1 is 0.838 bits per heavy atom. The SMILES string of the molecule is Cc1ccc(-c2[c-]cccc2)nc1.[2H]c1nc(-c2[c-]ccc3c2oc2c4cc(C)sc4ccc32)c([2H])c([2H])c1[2H].[Ir]. The molecular weight excluding hydrogens is 653 g/mol. The molecule has 0 fully saturated rings. The number of fused-ring (bicyclic) bond motifs is 5. The van der Waals surface area contributed by atoms with Crippen LogP contribution >= 0.6 is 11.3 Å². The van der Waals surface area contributed by atoms with Crippen molar-refractivity contribution >= 4 is 43.4 Å². The van der Waals surface area contributed by atoms with Gasteiger partial charge >= 0.3 is 0 Å². The number of benzene rings is 3. The molecule has 183 valence electrons. The largest absolute Gasteiger partial charge is 0.500 e. The number of aryl methyl sites for hydroxylation is 2. The third-order valence-electron chi connectivity index (χ3n) is 5.82. The first-order chi connectivity index (χ1) is 19.3. The Morgan fingerprint density at radius 3 is 2.54 bits per heavy atom. The number of hydrogen-bond donors (Lipinski definition) is 0. The molecule has 0 aliphatic heterocycles. The van der Waals surface area contributed by atoms with Crippen molar-refractivity contribution in [1.29, 1.82) is 0 Å². The van der Waals surface area contributed by atoms with Crippen molar-refractivity contribution in [3.05, 3.63) is 120 Å². The summed E-state index contributed by atoms with van der Waals surface area (Å²) in [6.45, 7) is 4.09. The minimum absolute atomic E-state index is 0. The molecule has 0 N–H and O–H groups in total. The van der Waals surface area contributed by atoms with Gasteiger partial charge in [0.25, 0.3) is 0 Å². The second kappa shape index (κ2) is 10.8. The monoisotopic (exact) mass is 679 g/mol.